The van der Waals surface area contributed by atoms with E-state index in [1.165, 1.54) is 24.0 Å². The first-order valence-electron chi connectivity index (χ1n) is 5.23. The molecule has 2 nitrogen and oxygen atoms in total. The topological polar surface area (TPSA) is 38.0 Å². The third-order valence-corrected chi connectivity index (χ3v) is 3.81. The van der Waals surface area contributed by atoms with Crippen molar-refractivity contribution in [3.63, 3.8) is 0 Å². The summed E-state index contributed by atoms with van der Waals surface area (Å²) >= 11 is 1.75. The summed E-state index contributed by atoms with van der Waals surface area (Å²) in [6.07, 6.45) is 2.33. The van der Waals surface area contributed by atoms with Gasteiger partial charge in [-0.3, -0.25) is 11.3 Å². The van der Waals surface area contributed by atoms with Gasteiger partial charge in [0.15, 0.2) is 0 Å². The molecule has 0 radical (unpaired) electrons. The summed E-state index contributed by atoms with van der Waals surface area (Å²) in [7, 11) is 0. The Morgan fingerprint density at radius 3 is 2.36 bits per heavy atom. The molecular formula is C11H20N2S. The van der Waals surface area contributed by atoms with Gasteiger partial charge < -0.3 is 0 Å². The molecule has 0 bridgehead atoms. The van der Waals surface area contributed by atoms with Gasteiger partial charge in [-0.15, -0.1) is 0 Å². The van der Waals surface area contributed by atoms with E-state index in [0.29, 0.717) is 12.0 Å². The fraction of sp³-hybridized carbons (Fsp3) is 0.636. The molecule has 1 atom stereocenters. The number of thiophene rings is 1. The van der Waals surface area contributed by atoms with Crippen LogP contribution in [0.2, 0.25) is 0 Å². The Kier molecular flexibility index (Phi) is 4.58. The highest BCUT2D eigenvalue weighted by atomic mass is 32.1. The Labute approximate surface area is 90.5 Å². The minimum absolute atomic E-state index is 0.316. The minimum Gasteiger partial charge on any atom is -0.271 e. The Bertz CT molecular complexity index is 266. The fourth-order valence-electron chi connectivity index (χ4n) is 1.93. The lowest BCUT2D eigenvalue weighted by molar-refractivity contribution is 0.345. The van der Waals surface area contributed by atoms with Crippen LogP contribution in [0.25, 0.3) is 0 Å². The van der Waals surface area contributed by atoms with Crippen LogP contribution in [-0.4, -0.2) is 0 Å². The predicted octanol–water partition coefficient (Wildman–Crippen LogP) is 3.00. The van der Waals surface area contributed by atoms with Crippen LogP contribution in [0, 0.1) is 12.8 Å². The van der Waals surface area contributed by atoms with Gasteiger partial charge in [-0.05, 0) is 34.7 Å². The summed E-state index contributed by atoms with van der Waals surface area (Å²) in [6, 6.07) is 0.316. The molecule has 0 fully saturated rings. The van der Waals surface area contributed by atoms with Crippen LogP contribution in [-0.2, 0) is 0 Å². The molecule has 1 rings (SSSR count). The van der Waals surface area contributed by atoms with Crippen molar-refractivity contribution in [2.24, 2.45) is 11.8 Å². The first kappa shape index (κ1) is 11.7. The van der Waals surface area contributed by atoms with E-state index in [2.05, 4.69) is 37.0 Å². The maximum Gasteiger partial charge on any atom is 0.0498 e. The number of hydrogen-bond donors (Lipinski definition) is 2. The molecule has 3 heteroatoms. The van der Waals surface area contributed by atoms with E-state index < -0.39 is 0 Å². The lowest BCUT2D eigenvalue weighted by Crippen LogP contribution is -2.33. The van der Waals surface area contributed by atoms with Gasteiger partial charge in [-0.1, -0.05) is 26.7 Å². The van der Waals surface area contributed by atoms with E-state index in [-0.39, 0.29) is 0 Å². The normalized spacial score (nSPS) is 13.5. The molecule has 0 saturated heterocycles. The zero-order chi connectivity index (χ0) is 10.6. The average Bonchev–Trinajstić information content (AvgIpc) is 2.61. The number of rotatable bonds is 5. The van der Waals surface area contributed by atoms with Crippen molar-refractivity contribution in [2.75, 3.05) is 0 Å². The van der Waals surface area contributed by atoms with E-state index >= 15 is 0 Å². The van der Waals surface area contributed by atoms with E-state index in [9.17, 15) is 0 Å². The van der Waals surface area contributed by atoms with Gasteiger partial charge in [0.1, 0.15) is 0 Å². The average molecular weight is 212 g/mol. The van der Waals surface area contributed by atoms with E-state index in [1.807, 2.05) is 0 Å². The third kappa shape index (κ3) is 2.35. The van der Waals surface area contributed by atoms with Crippen LogP contribution in [0.3, 0.4) is 0 Å². The van der Waals surface area contributed by atoms with E-state index in [4.69, 9.17) is 5.84 Å². The summed E-state index contributed by atoms with van der Waals surface area (Å²) < 4.78 is 0. The van der Waals surface area contributed by atoms with E-state index in [1.54, 1.807) is 11.3 Å². The van der Waals surface area contributed by atoms with Gasteiger partial charge in [-0.2, -0.15) is 11.3 Å². The molecule has 80 valence electrons. The van der Waals surface area contributed by atoms with Crippen molar-refractivity contribution >= 4 is 11.3 Å². The summed E-state index contributed by atoms with van der Waals surface area (Å²) in [4.78, 5) is 0. The van der Waals surface area contributed by atoms with Gasteiger partial charge >= 0.3 is 0 Å². The summed E-state index contributed by atoms with van der Waals surface area (Å²) in [5.74, 6) is 6.27. The zero-order valence-corrected chi connectivity index (χ0v) is 10.0. The summed E-state index contributed by atoms with van der Waals surface area (Å²) in [5.41, 5.74) is 5.67. The molecular weight excluding hydrogens is 192 g/mol. The molecule has 0 amide bonds. The van der Waals surface area contributed by atoms with Crippen LogP contribution in [0.1, 0.15) is 43.9 Å². The van der Waals surface area contributed by atoms with Gasteiger partial charge in [0.25, 0.3) is 0 Å². The molecule has 1 aromatic rings. The number of aryl methyl sites for hydroxylation is 1. The van der Waals surface area contributed by atoms with Gasteiger partial charge in [-0.25, -0.2) is 0 Å². The molecule has 3 N–H and O–H groups in total. The maximum atomic E-state index is 5.64. The van der Waals surface area contributed by atoms with Gasteiger partial charge in [0.05, 0.1) is 0 Å². The molecule has 0 spiro atoms. The molecule has 0 saturated carbocycles. The van der Waals surface area contributed by atoms with Crippen molar-refractivity contribution in [3.8, 4) is 0 Å². The minimum atomic E-state index is 0.316. The van der Waals surface area contributed by atoms with Crippen LogP contribution in [0.5, 0.6) is 0 Å². The third-order valence-electron chi connectivity index (χ3n) is 2.93. The van der Waals surface area contributed by atoms with Gasteiger partial charge in [0.2, 0.25) is 0 Å². The SMILES string of the molecule is CCC(CC)C(NN)c1cscc1C. The quantitative estimate of drug-likeness (QED) is 0.581. The highest BCUT2D eigenvalue weighted by Gasteiger charge is 2.20. The second-order valence-electron chi connectivity index (χ2n) is 3.73. The largest absolute Gasteiger partial charge is 0.271 e. The first-order chi connectivity index (χ1) is 6.74. The Balaban J connectivity index is 2.86. The highest BCUT2D eigenvalue weighted by molar-refractivity contribution is 7.08. The van der Waals surface area contributed by atoms with Gasteiger partial charge in [0, 0.05) is 6.04 Å². The summed E-state index contributed by atoms with van der Waals surface area (Å²) in [6.45, 7) is 6.60. The lowest BCUT2D eigenvalue weighted by Gasteiger charge is -2.24. The smallest absolute Gasteiger partial charge is 0.0498 e. The second-order valence-corrected chi connectivity index (χ2v) is 4.47. The predicted molar refractivity (Wildman–Crippen MR) is 63.2 cm³/mol. The van der Waals surface area contributed by atoms with Crippen molar-refractivity contribution in [3.05, 3.63) is 21.9 Å². The molecule has 1 heterocycles. The van der Waals surface area contributed by atoms with Crippen LogP contribution < -0.4 is 11.3 Å². The molecule has 14 heavy (non-hydrogen) atoms. The Morgan fingerprint density at radius 2 is 2.00 bits per heavy atom. The Hall–Kier alpha value is -0.380. The summed E-state index contributed by atoms with van der Waals surface area (Å²) in [5, 5.41) is 4.39. The highest BCUT2D eigenvalue weighted by Crippen LogP contribution is 2.30. The molecule has 0 aliphatic rings. The van der Waals surface area contributed by atoms with Crippen molar-refractivity contribution in [1.29, 1.82) is 0 Å². The van der Waals surface area contributed by atoms with Crippen LogP contribution in [0.15, 0.2) is 10.8 Å². The molecule has 1 aromatic heterocycles. The number of hydrogen-bond acceptors (Lipinski definition) is 3. The van der Waals surface area contributed by atoms with E-state index in [0.717, 1.165) is 0 Å². The van der Waals surface area contributed by atoms with Crippen molar-refractivity contribution in [1.82, 2.24) is 5.43 Å². The second kappa shape index (κ2) is 5.49. The molecule has 1 unspecified atom stereocenters. The number of hydrazine groups is 1. The number of nitrogens with two attached hydrogens (primary N) is 1. The lowest BCUT2D eigenvalue weighted by atomic mass is 9.89. The molecule has 0 aromatic carbocycles. The Morgan fingerprint density at radius 1 is 1.36 bits per heavy atom. The number of nitrogens with one attached hydrogen (secondary N) is 1. The zero-order valence-electron chi connectivity index (χ0n) is 9.21. The fourth-order valence-corrected chi connectivity index (χ4v) is 2.82. The van der Waals surface area contributed by atoms with Crippen LogP contribution in [0.4, 0.5) is 0 Å². The first-order valence-corrected chi connectivity index (χ1v) is 6.17. The maximum absolute atomic E-state index is 5.64. The van der Waals surface area contributed by atoms with Crippen molar-refractivity contribution < 1.29 is 0 Å². The standard InChI is InChI=1S/C11H20N2S/c1-4-9(5-2)11(13-12)10-7-14-6-8(10)3/h6-7,9,11,13H,4-5,12H2,1-3H3. The monoisotopic (exact) mass is 212 g/mol. The molecule has 0 aliphatic heterocycles. The van der Waals surface area contributed by atoms with Crippen LogP contribution >= 0.6 is 11.3 Å². The molecule has 0 aliphatic carbocycles. The van der Waals surface area contributed by atoms with Crippen molar-refractivity contribution in [2.45, 2.75) is 39.7 Å².